The maximum atomic E-state index is 12.9. The summed E-state index contributed by atoms with van der Waals surface area (Å²) in [6.45, 7) is 4.33. The van der Waals surface area contributed by atoms with Gasteiger partial charge in [-0.3, -0.25) is 0 Å². The molecule has 5 nitrogen and oxygen atoms in total. The number of rotatable bonds is 6. The number of hydrogen-bond donors (Lipinski definition) is 0. The van der Waals surface area contributed by atoms with E-state index in [-0.39, 0.29) is 16.7 Å². The van der Waals surface area contributed by atoms with E-state index in [0.29, 0.717) is 6.61 Å². The molecule has 0 aromatic carbocycles. The number of nitrogens with zero attached hydrogens (tertiary/aromatic N) is 2. The molecule has 2 aliphatic carbocycles. The molecule has 23 heavy (non-hydrogen) atoms. The van der Waals surface area contributed by atoms with Crippen molar-refractivity contribution < 1.29 is 13.2 Å². The van der Waals surface area contributed by atoms with E-state index in [1.807, 2.05) is 4.31 Å². The third kappa shape index (κ3) is 3.46. The van der Waals surface area contributed by atoms with Gasteiger partial charge in [-0.25, -0.2) is 8.42 Å². The molecule has 0 radical (unpaired) electrons. The number of hydrogen-bond acceptors (Lipinski definition) is 4. The van der Waals surface area contributed by atoms with Crippen molar-refractivity contribution in [1.82, 2.24) is 9.21 Å². The first-order valence-electron chi connectivity index (χ1n) is 9.26. The molecule has 1 spiro atoms. The molecule has 0 aromatic heterocycles. The van der Waals surface area contributed by atoms with Gasteiger partial charge in [0.1, 0.15) is 0 Å². The molecule has 2 aliphatic heterocycles. The Bertz CT molecular complexity index is 534. The Kier molecular flexibility index (Phi) is 4.23. The summed E-state index contributed by atoms with van der Waals surface area (Å²) in [6.07, 6.45) is 7.51. The molecule has 1 unspecified atom stereocenters. The Balaban J connectivity index is 1.46. The van der Waals surface area contributed by atoms with Crippen LogP contribution < -0.4 is 0 Å². The van der Waals surface area contributed by atoms with Crippen LogP contribution in [0.3, 0.4) is 0 Å². The quantitative estimate of drug-likeness (QED) is 0.737. The highest BCUT2D eigenvalue weighted by Gasteiger charge is 2.52. The molecule has 0 aromatic rings. The predicted molar refractivity (Wildman–Crippen MR) is 89.8 cm³/mol. The molecular weight excluding hydrogens is 312 g/mol. The summed E-state index contributed by atoms with van der Waals surface area (Å²) in [6, 6.07) is 0.0720. The molecule has 4 fully saturated rings. The monoisotopic (exact) mass is 342 g/mol. The van der Waals surface area contributed by atoms with Gasteiger partial charge in [0, 0.05) is 19.2 Å². The van der Waals surface area contributed by atoms with Gasteiger partial charge in [0.2, 0.25) is 10.0 Å². The summed E-state index contributed by atoms with van der Waals surface area (Å²) >= 11 is 0. The first-order valence-corrected chi connectivity index (χ1v) is 10.8. The largest absolute Gasteiger partial charge is 0.379 e. The van der Waals surface area contributed by atoms with Gasteiger partial charge in [-0.1, -0.05) is 0 Å². The fourth-order valence-electron chi connectivity index (χ4n) is 4.23. The molecule has 0 N–H and O–H groups in total. The SMILES string of the molecule is CN1CCC2(CC1)CC(COCC1CC1)N(S(=O)(=O)C1CC1)C2. The summed E-state index contributed by atoms with van der Waals surface area (Å²) < 4.78 is 33.5. The smallest absolute Gasteiger partial charge is 0.217 e. The average Bonchev–Trinajstić information content (AvgIpc) is 3.40. The number of likely N-dealkylation sites (tertiary alicyclic amines) is 1. The highest BCUT2D eigenvalue weighted by molar-refractivity contribution is 7.90. The van der Waals surface area contributed by atoms with Crippen LogP contribution in [-0.4, -0.2) is 68.8 Å². The van der Waals surface area contributed by atoms with Crippen LogP contribution in [0.5, 0.6) is 0 Å². The fourth-order valence-corrected chi connectivity index (χ4v) is 6.35. The van der Waals surface area contributed by atoms with E-state index >= 15 is 0 Å². The lowest BCUT2D eigenvalue weighted by molar-refractivity contribution is 0.0877. The van der Waals surface area contributed by atoms with E-state index in [2.05, 4.69) is 11.9 Å². The highest BCUT2D eigenvalue weighted by Crippen LogP contribution is 2.46. The summed E-state index contributed by atoms with van der Waals surface area (Å²) in [5, 5.41) is -0.102. The fraction of sp³-hybridized carbons (Fsp3) is 1.00. The molecule has 2 heterocycles. The van der Waals surface area contributed by atoms with Gasteiger partial charge >= 0.3 is 0 Å². The molecule has 1 atom stereocenters. The van der Waals surface area contributed by atoms with Crippen LogP contribution >= 0.6 is 0 Å². The minimum absolute atomic E-state index is 0.0720. The minimum Gasteiger partial charge on any atom is -0.379 e. The van der Waals surface area contributed by atoms with E-state index < -0.39 is 10.0 Å². The summed E-state index contributed by atoms with van der Waals surface area (Å²) in [7, 11) is -0.935. The standard InChI is InChI=1S/C17H30N2O3S/c1-18-8-6-17(7-9-18)10-15(12-22-11-14-2-3-14)19(13-17)23(20,21)16-4-5-16/h14-16H,2-13H2,1H3. The Morgan fingerprint density at radius 3 is 2.39 bits per heavy atom. The van der Waals surface area contributed by atoms with Gasteiger partial charge in [-0.15, -0.1) is 0 Å². The zero-order chi connectivity index (χ0) is 16.1. The van der Waals surface area contributed by atoms with Crippen LogP contribution in [0.1, 0.15) is 44.9 Å². The van der Waals surface area contributed by atoms with Gasteiger partial charge < -0.3 is 9.64 Å². The molecule has 0 bridgehead atoms. The normalized spacial score (nSPS) is 32.7. The summed E-state index contributed by atoms with van der Waals surface area (Å²) in [4.78, 5) is 2.36. The van der Waals surface area contributed by atoms with E-state index in [1.54, 1.807) is 0 Å². The molecule has 4 aliphatic rings. The summed E-state index contributed by atoms with van der Waals surface area (Å²) in [5.74, 6) is 0.738. The lowest BCUT2D eigenvalue weighted by Gasteiger charge is -2.37. The van der Waals surface area contributed by atoms with Crippen molar-refractivity contribution in [2.75, 3.05) is 39.9 Å². The molecule has 132 valence electrons. The maximum absolute atomic E-state index is 12.9. The second-order valence-electron chi connectivity index (χ2n) is 8.43. The van der Waals surface area contributed by atoms with Crippen molar-refractivity contribution in [2.24, 2.45) is 11.3 Å². The minimum atomic E-state index is -3.10. The van der Waals surface area contributed by atoms with E-state index in [1.165, 1.54) is 12.8 Å². The molecule has 2 saturated carbocycles. The van der Waals surface area contributed by atoms with Crippen LogP contribution in [0.15, 0.2) is 0 Å². The first kappa shape index (κ1) is 16.3. The van der Waals surface area contributed by atoms with Gasteiger partial charge in [0.15, 0.2) is 0 Å². The van der Waals surface area contributed by atoms with Crippen molar-refractivity contribution in [1.29, 1.82) is 0 Å². The van der Waals surface area contributed by atoms with Crippen LogP contribution in [-0.2, 0) is 14.8 Å². The van der Waals surface area contributed by atoms with Crippen molar-refractivity contribution in [3.05, 3.63) is 0 Å². The number of ether oxygens (including phenoxy) is 1. The predicted octanol–water partition coefficient (Wildman–Crippen LogP) is 1.69. The van der Waals surface area contributed by atoms with Crippen molar-refractivity contribution in [3.8, 4) is 0 Å². The molecule has 0 amide bonds. The summed E-state index contributed by atoms with van der Waals surface area (Å²) in [5.41, 5.74) is 0.197. The zero-order valence-corrected chi connectivity index (χ0v) is 15.1. The van der Waals surface area contributed by atoms with E-state index in [9.17, 15) is 8.42 Å². The van der Waals surface area contributed by atoms with Crippen molar-refractivity contribution in [2.45, 2.75) is 56.2 Å². The molecule has 6 heteroatoms. The van der Waals surface area contributed by atoms with Crippen LogP contribution in [0, 0.1) is 11.3 Å². The Hall–Kier alpha value is -0.170. The van der Waals surface area contributed by atoms with Crippen LogP contribution in [0.2, 0.25) is 0 Å². The lowest BCUT2D eigenvalue weighted by Crippen LogP contribution is -2.42. The van der Waals surface area contributed by atoms with E-state index in [0.717, 1.165) is 64.3 Å². The van der Waals surface area contributed by atoms with E-state index in [4.69, 9.17) is 4.74 Å². The van der Waals surface area contributed by atoms with Gasteiger partial charge in [0.05, 0.1) is 11.9 Å². The number of piperidine rings is 1. The second kappa shape index (κ2) is 5.97. The first-order chi connectivity index (χ1) is 11.0. The van der Waals surface area contributed by atoms with Crippen LogP contribution in [0.25, 0.3) is 0 Å². The van der Waals surface area contributed by atoms with Crippen molar-refractivity contribution >= 4 is 10.0 Å². The zero-order valence-electron chi connectivity index (χ0n) is 14.2. The van der Waals surface area contributed by atoms with Crippen LogP contribution in [0.4, 0.5) is 0 Å². The Labute approximate surface area is 140 Å². The molecule has 2 saturated heterocycles. The topological polar surface area (TPSA) is 49.9 Å². The van der Waals surface area contributed by atoms with Gasteiger partial charge in [-0.2, -0.15) is 4.31 Å². The van der Waals surface area contributed by atoms with Crippen molar-refractivity contribution in [3.63, 3.8) is 0 Å². The third-order valence-corrected chi connectivity index (χ3v) is 8.64. The Morgan fingerprint density at radius 2 is 1.78 bits per heavy atom. The lowest BCUT2D eigenvalue weighted by atomic mass is 9.77. The average molecular weight is 343 g/mol. The second-order valence-corrected chi connectivity index (χ2v) is 10.6. The molecule has 4 rings (SSSR count). The highest BCUT2D eigenvalue weighted by atomic mass is 32.2. The number of sulfonamides is 1. The maximum Gasteiger partial charge on any atom is 0.217 e. The van der Waals surface area contributed by atoms with Gasteiger partial charge in [-0.05, 0) is 76.4 Å². The molecular formula is C17H30N2O3S. The third-order valence-electron chi connectivity index (χ3n) is 6.25. The Morgan fingerprint density at radius 1 is 1.09 bits per heavy atom. The van der Waals surface area contributed by atoms with Gasteiger partial charge in [0.25, 0.3) is 0 Å².